The van der Waals surface area contributed by atoms with Gasteiger partial charge in [-0.05, 0) is 18.6 Å². The number of aliphatic hydroxyl groups is 1. The molecule has 0 aromatic carbocycles. The summed E-state index contributed by atoms with van der Waals surface area (Å²) in [5.74, 6) is 1.16. The van der Waals surface area contributed by atoms with E-state index in [1.54, 1.807) is 19.2 Å². The van der Waals surface area contributed by atoms with Crippen molar-refractivity contribution in [2.24, 2.45) is 0 Å². The summed E-state index contributed by atoms with van der Waals surface area (Å²) < 4.78 is 10.4. The van der Waals surface area contributed by atoms with Gasteiger partial charge in [-0.25, -0.2) is 4.98 Å². The number of nitrogens with zero attached hydrogens (tertiary/aromatic N) is 4. The number of ether oxygens (including phenoxy) is 2. The van der Waals surface area contributed by atoms with Gasteiger partial charge in [-0.1, -0.05) is 0 Å². The highest BCUT2D eigenvalue weighted by molar-refractivity contribution is 7.99. The van der Waals surface area contributed by atoms with Gasteiger partial charge in [0.15, 0.2) is 0 Å². The van der Waals surface area contributed by atoms with Crippen LogP contribution in [0.25, 0.3) is 11.3 Å². The second-order valence-electron chi connectivity index (χ2n) is 5.30. The molecule has 2 aromatic heterocycles. The minimum absolute atomic E-state index is 0.0413. The zero-order valence-electron chi connectivity index (χ0n) is 14.8. The van der Waals surface area contributed by atoms with Gasteiger partial charge in [0.05, 0.1) is 24.1 Å². The van der Waals surface area contributed by atoms with Crippen molar-refractivity contribution in [1.29, 1.82) is 10.5 Å². The van der Waals surface area contributed by atoms with Gasteiger partial charge in [0.25, 0.3) is 0 Å². The number of nitriles is 2. The zero-order valence-corrected chi connectivity index (χ0v) is 15.6. The van der Waals surface area contributed by atoms with Crippen molar-refractivity contribution in [3.63, 3.8) is 0 Å². The van der Waals surface area contributed by atoms with Gasteiger partial charge in [0, 0.05) is 25.0 Å². The third-order valence-corrected chi connectivity index (χ3v) is 4.57. The number of aliphatic hydroxyl groups excluding tert-OH is 1. The van der Waals surface area contributed by atoms with E-state index in [1.165, 1.54) is 18.0 Å². The van der Waals surface area contributed by atoms with E-state index in [4.69, 9.17) is 20.3 Å². The van der Waals surface area contributed by atoms with Crippen LogP contribution in [0.3, 0.4) is 0 Å². The Morgan fingerprint density at radius 1 is 1.22 bits per heavy atom. The maximum Gasteiger partial charge on any atom is 0.143 e. The molecule has 3 N–H and O–H groups in total. The van der Waals surface area contributed by atoms with Crippen molar-refractivity contribution in [3.05, 3.63) is 29.5 Å². The number of pyridine rings is 2. The molecule has 0 aliphatic rings. The fourth-order valence-corrected chi connectivity index (χ4v) is 3.17. The van der Waals surface area contributed by atoms with E-state index in [0.29, 0.717) is 47.4 Å². The van der Waals surface area contributed by atoms with E-state index >= 15 is 0 Å². The molecule has 8 nitrogen and oxygen atoms in total. The van der Waals surface area contributed by atoms with E-state index in [0.717, 1.165) is 0 Å². The van der Waals surface area contributed by atoms with Crippen LogP contribution in [0.1, 0.15) is 17.5 Å². The third-order valence-electron chi connectivity index (χ3n) is 3.51. The first kappa shape index (κ1) is 20.5. The Morgan fingerprint density at radius 2 is 2.00 bits per heavy atom. The summed E-state index contributed by atoms with van der Waals surface area (Å²) in [5.41, 5.74) is 7.07. The van der Waals surface area contributed by atoms with Crippen LogP contribution in [0.5, 0.6) is 5.75 Å². The predicted molar refractivity (Wildman–Crippen MR) is 101 cm³/mol. The van der Waals surface area contributed by atoms with Crippen LogP contribution in [0.4, 0.5) is 5.82 Å². The molecule has 0 saturated carbocycles. The molecule has 0 unspecified atom stereocenters. The molecule has 0 radical (unpaired) electrons. The molecule has 140 valence electrons. The lowest BCUT2D eigenvalue weighted by Crippen LogP contribution is -2.06. The summed E-state index contributed by atoms with van der Waals surface area (Å²) >= 11 is 1.31. The molecule has 2 rings (SSSR count). The normalized spacial score (nSPS) is 10.2. The number of aromatic nitrogens is 2. The molecule has 0 fully saturated rings. The van der Waals surface area contributed by atoms with Crippen LogP contribution in [0.2, 0.25) is 0 Å². The van der Waals surface area contributed by atoms with E-state index in [1.807, 2.05) is 6.07 Å². The number of methoxy groups -OCH3 is 1. The minimum Gasteiger partial charge on any atom is -0.490 e. The largest absolute Gasteiger partial charge is 0.490 e. The Bertz CT molecular complexity index is 859. The SMILES string of the molecule is COCCOc1ccc(-c2c(C#N)c(N)nc(SCCCO)c2C#N)nc1. The van der Waals surface area contributed by atoms with Crippen molar-refractivity contribution < 1.29 is 14.6 Å². The maximum atomic E-state index is 9.66. The lowest BCUT2D eigenvalue weighted by Gasteiger charge is -2.12. The number of nitrogen functional groups attached to an aromatic ring is 1. The van der Waals surface area contributed by atoms with E-state index < -0.39 is 0 Å². The summed E-state index contributed by atoms with van der Waals surface area (Å²) in [4.78, 5) is 8.51. The van der Waals surface area contributed by atoms with Crippen LogP contribution in [0, 0.1) is 22.7 Å². The van der Waals surface area contributed by atoms with E-state index in [2.05, 4.69) is 16.0 Å². The summed E-state index contributed by atoms with van der Waals surface area (Å²) in [5, 5.41) is 28.5. The predicted octanol–water partition coefficient (Wildman–Crippen LogP) is 1.97. The summed E-state index contributed by atoms with van der Waals surface area (Å²) in [6.07, 6.45) is 2.07. The van der Waals surface area contributed by atoms with Crippen LogP contribution < -0.4 is 10.5 Å². The number of rotatable bonds is 9. The Hall–Kier alpha value is -2.85. The molecule has 27 heavy (non-hydrogen) atoms. The van der Waals surface area contributed by atoms with Crippen molar-refractivity contribution in [2.75, 3.05) is 38.4 Å². The van der Waals surface area contributed by atoms with Crippen LogP contribution in [0.15, 0.2) is 23.4 Å². The molecular formula is C18H19N5O3S. The first-order valence-electron chi connectivity index (χ1n) is 8.11. The topological polar surface area (TPSA) is 138 Å². The van der Waals surface area contributed by atoms with Gasteiger partial charge in [-0.3, -0.25) is 4.98 Å². The highest BCUT2D eigenvalue weighted by Gasteiger charge is 2.21. The second kappa shape index (κ2) is 10.3. The van der Waals surface area contributed by atoms with Crippen molar-refractivity contribution >= 4 is 17.6 Å². The zero-order chi connectivity index (χ0) is 19.6. The van der Waals surface area contributed by atoms with Crippen molar-refractivity contribution in [3.8, 4) is 29.1 Å². The van der Waals surface area contributed by atoms with E-state index in [-0.39, 0.29) is 23.6 Å². The Kier molecular flexibility index (Phi) is 7.83. The fourth-order valence-electron chi connectivity index (χ4n) is 2.25. The summed E-state index contributed by atoms with van der Waals surface area (Å²) in [6.45, 7) is 0.881. The Labute approximate surface area is 161 Å². The third kappa shape index (κ3) is 5.08. The molecular weight excluding hydrogens is 366 g/mol. The highest BCUT2D eigenvalue weighted by Crippen LogP contribution is 2.35. The molecule has 2 aromatic rings. The Morgan fingerprint density at radius 3 is 2.59 bits per heavy atom. The van der Waals surface area contributed by atoms with Gasteiger partial charge in [0.1, 0.15) is 40.9 Å². The Balaban J connectivity index is 2.44. The lowest BCUT2D eigenvalue weighted by molar-refractivity contribution is 0.146. The first-order valence-corrected chi connectivity index (χ1v) is 9.10. The molecule has 0 spiro atoms. The number of hydrogen-bond donors (Lipinski definition) is 2. The smallest absolute Gasteiger partial charge is 0.143 e. The van der Waals surface area contributed by atoms with Crippen LogP contribution >= 0.6 is 11.8 Å². The maximum absolute atomic E-state index is 9.66. The molecule has 9 heteroatoms. The van der Waals surface area contributed by atoms with Gasteiger partial charge >= 0.3 is 0 Å². The second-order valence-corrected chi connectivity index (χ2v) is 6.38. The average Bonchev–Trinajstić information content (AvgIpc) is 2.68. The number of hydrogen-bond acceptors (Lipinski definition) is 9. The molecule has 0 amide bonds. The fraction of sp³-hybridized carbons (Fsp3) is 0.333. The molecule has 0 saturated heterocycles. The van der Waals surface area contributed by atoms with E-state index in [9.17, 15) is 10.5 Å². The van der Waals surface area contributed by atoms with Crippen molar-refractivity contribution in [1.82, 2.24) is 9.97 Å². The molecule has 0 bridgehead atoms. The van der Waals surface area contributed by atoms with Gasteiger partial charge in [-0.15, -0.1) is 11.8 Å². The molecule has 0 atom stereocenters. The standard InChI is InChI=1S/C18H19N5O3S/c1-25-6-7-26-12-3-4-15(22-11-12)16-13(9-19)17(21)23-18(14(16)10-20)27-8-2-5-24/h3-4,11,24H,2,5-8H2,1H3,(H2,21,23). The van der Waals surface area contributed by atoms with Gasteiger partial charge < -0.3 is 20.3 Å². The molecule has 2 heterocycles. The number of thioether (sulfide) groups is 1. The summed E-state index contributed by atoms with van der Waals surface area (Å²) in [7, 11) is 1.58. The highest BCUT2D eigenvalue weighted by atomic mass is 32.2. The minimum atomic E-state index is 0.0413. The lowest BCUT2D eigenvalue weighted by atomic mass is 10.0. The summed E-state index contributed by atoms with van der Waals surface area (Å²) in [6, 6.07) is 7.49. The monoisotopic (exact) mass is 385 g/mol. The number of nitrogens with two attached hydrogens (primary N) is 1. The van der Waals surface area contributed by atoms with Gasteiger partial charge in [0.2, 0.25) is 0 Å². The van der Waals surface area contributed by atoms with Crippen molar-refractivity contribution in [2.45, 2.75) is 11.4 Å². The average molecular weight is 385 g/mol. The van der Waals surface area contributed by atoms with Crippen LogP contribution in [-0.4, -0.2) is 47.8 Å². The van der Waals surface area contributed by atoms with Gasteiger partial charge in [-0.2, -0.15) is 10.5 Å². The van der Waals surface area contributed by atoms with Crippen LogP contribution in [-0.2, 0) is 4.74 Å². The number of anilines is 1. The molecule has 0 aliphatic heterocycles. The first-order chi connectivity index (χ1) is 13.2. The molecule has 0 aliphatic carbocycles. The quantitative estimate of drug-likeness (QED) is 0.490.